The minimum atomic E-state index is 0. The second-order valence-corrected chi connectivity index (χ2v) is 7.51. The van der Waals surface area contributed by atoms with Crippen molar-refractivity contribution in [3.63, 3.8) is 0 Å². The van der Waals surface area contributed by atoms with Gasteiger partial charge in [-0.25, -0.2) is 9.98 Å². The van der Waals surface area contributed by atoms with Crippen LogP contribution in [0.25, 0.3) is 0 Å². The van der Waals surface area contributed by atoms with E-state index in [1.807, 2.05) is 12.3 Å². The lowest BCUT2D eigenvalue weighted by Crippen LogP contribution is -2.45. The van der Waals surface area contributed by atoms with Crippen LogP contribution in [0.4, 0.5) is 5.82 Å². The van der Waals surface area contributed by atoms with E-state index in [-0.39, 0.29) is 24.0 Å². The van der Waals surface area contributed by atoms with Crippen molar-refractivity contribution in [2.24, 2.45) is 4.99 Å². The summed E-state index contributed by atoms with van der Waals surface area (Å²) < 4.78 is 0. The smallest absolute Gasteiger partial charge is 0.191 e. The molecule has 160 valence electrons. The molecule has 1 aromatic rings. The van der Waals surface area contributed by atoms with Crippen LogP contribution in [0.3, 0.4) is 0 Å². The van der Waals surface area contributed by atoms with Crippen molar-refractivity contribution in [3.8, 4) is 0 Å². The summed E-state index contributed by atoms with van der Waals surface area (Å²) in [6, 6.07) is 4.59. The van der Waals surface area contributed by atoms with Crippen molar-refractivity contribution in [2.75, 3.05) is 44.7 Å². The summed E-state index contributed by atoms with van der Waals surface area (Å²) in [5.74, 6) is 1.98. The highest BCUT2D eigenvalue weighted by molar-refractivity contribution is 14.0. The number of nitrogens with zero attached hydrogens (tertiary/aromatic N) is 4. The largest absolute Gasteiger partial charge is 0.357 e. The van der Waals surface area contributed by atoms with Crippen LogP contribution in [0.5, 0.6) is 0 Å². The van der Waals surface area contributed by atoms with Crippen LogP contribution in [-0.2, 0) is 6.54 Å². The Hall–Kier alpha value is -1.09. The van der Waals surface area contributed by atoms with Crippen molar-refractivity contribution in [3.05, 3.63) is 23.9 Å². The molecule has 2 rings (SSSR count). The minimum absolute atomic E-state index is 0. The number of rotatable bonds is 9. The molecular formula is C21H39IN6. The van der Waals surface area contributed by atoms with Gasteiger partial charge in [-0.15, -0.1) is 24.0 Å². The molecule has 0 amide bonds. The van der Waals surface area contributed by atoms with E-state index in [4.69, 9.17) is 4.99 Å². The minimum Gasteiger partial charge on any atom is -0.357 e. The third-order valence-electron chi connectivity index (χ3n) is 5.05. The first kappa shape index (κ1) is 24.9. The molecule has 0 spiro atoms. The number of hydrogen-bond acceptors (Lipinski definition) is 4. The van der Waals surface area contributed by atoms with Gasteiger partial charge in [0.05, 0.1) is 6.54 Å². The Bertz CT molecular complexity index is 572. The van der Waals surface area contributed by atoms with E-state index in [1.165, 1.54) is 31.2 Å². The average Bonchev–Trinajstić information content (AvgIpc) is 2.67. The molecule has 1 fully saturated rings. The predicted molar refractivity (Wildman–Crippen MR) is 131 cm³/mol. The van der Waals surface area contributed by atoms with Crippen molar-refractivity contribution in [2.45, 2.75) is 59.0 Å². The second-order valence-electron chi connectivity index (χ2n) is 7.51. The van der Waals surface area contributed by atoms with Gasteiger partial charge < -0.3 is 20.4 Å². The van der Waals surface area contributed by atoms with Crippen LogP contribution in [0, 0.1) is 0 Å². The van der Waals surface area contributed by atoms with Gasteiger partial charge in [0.1, 0.15) is 5.82 Å². The Morgan fingerprint density at radius 1 is 1.21 bits per heavy atom. The highest BCUT2D eigenvalue weighted by Crippen LogP contribution is 2.19. The third kappa shape index (κ3) is 8.51. The highest BCUT2D eigenvalue weighted by atomic mass is 127. The SMILES string of the molecule is CCCCCC(C)NC(=NCc1cccnc1N1CCN(C)CC1)NCC.I. The van der Waals surface area contributed by atoms with Gasteiger partial charge in [-0.1, -0.05) is 32.3 Å². The van der Waals surface area contributed by atoms with Gasteiger partial charge >= 0.3 is 0 Å². The van der Waals surface area contributed by atoms with Gasteiger partial charge in [0, 0.05) is 50.5 Å². The molecule has 1 aromatic heterocycles. The molecule has 0 bridgehead atoms. The maximum absolute atomic E-state index is 4.84. The predicted octanol–water partition coefficient (Wildman–Crippen LogP) is 3.48. The maximum atomic E-state index is 4.84. The molecule has 0 radical (unpaired) electrons. The first-order valence-electron chi connectivity index (χ1n) is 10.6. The molecule has 1 saturated heterocycles. The number of anilines is 1. The van der Waals surface area contributed by atoms with Crippen LogP contribution < -0.4 is 15.5 Å². The summed E-state index contributed by atoms with van der Waals surface area (Å²) in [6.45, 7) is 12.3. The molecule has 1 atom stereocenters. The molecule has 6 nitrogen and oxygen atoms in total. The fraction of sp³-hybridized carbons (Fsp3) is 0.714. The Kier molecular flexibility index (Phi) is 12.5. The van der Waals surface area contributed by atoms with Crippen molar-refractivity contribution in [1.82, 2.24) is 20.5 Å². The van der Waals surface area contributed by atoms with E-state index >= 15 is 0 Å². The second kappa shape index (κ2) is 14.0. The number of aromatic nitrogens is 1. The summed E-state index contributed by atoms with van der Waals surface area (Å²) in [6.07, 6.45) is 6.89. The standard InChI is InChI=1S/C21H38N6.HI/c1-5-7-8-10-18(3)25-21(22-6-2)24-17-19-11-9-12-23-20(19)27-15-13-26(4)14-16-27;/h9,11-12,18H,5-8,10,13-17H2,1-4H3,(H2,22,24,25);1H. The van der Waals surface area contributed by atoms with Gasteiger partial charge in [0.15, 0.2) is 5.96 Å². The lowest BCUT2D eigenvalue weighted by atomic mass is 10.1. The highest BCUT2D eigenvalue weighted by Gasteiger charge is 2.17. The Morgan fingerprint density at radius 2 is 1.96 bits per heavy atom. The zero-order chi connectivity index (χ0) is 19.5. The summed E-state index contributed by atoms with van der Waals surface area (Å²) in [4.78, 5) is 14.3. The molecule has 0 saturated carbocycles. The van der Waals surface area contributed by atoms with Gasteiger partial charge in [-0.05, 0) is 33.4 Å². The number of piperazine rings is 1. The van der Waals surface area contributed by atoms with Crippen LogP contribution >= 0.6 is 24.0 Å². The van der Waals surface area contributed by atoms with Crippen molar-refractivity contribution < 1.29 is 0 Å². The monoisotopic (exact) mass is 502 g/mol. The number of aliphatic imine (C=N–C) groups is 1. The number of unbranched alkanes of at least 4 members (excludes halogenated alkanes) is 2. The van der Waals surface area contributed by atoms with Crippen LogP contribution in [0.1, 0.15) is 52.0 Å². The number of pyridine rings is 1. The molecule has 1 aliphatic heterocycles. The Morgan fingerprint density at radius 3 is 2.64 bits per heavy atom. The fourth-order valence-electron chi connectivity index (χ4n) is 3.35. The summed E-state index contributed by atoms with van der Waals surface area (Å²) >= 11 is 0. The van der Waals surface area contributed by atoms with E-state index in [9.17, 15) is 0 Å². The molecule has 1 aliphatic rings. The normalized spacial score (nSPS) is 16.4. The van der Waals surface area contributed by atoms with E-state index in [0.717, 1.165) is 44.5 Å². The first-order valence-corrected chi connectivity index (χ1v) is 10.6. The number of hydrogen-bond donors (Lipinski definition) is 2. The average molecular weight is 502 g/mol. The lowest BCUT2D eigenvalue weighted by molar-refractivity contribution is 0.312. The molecule has 0 aromatic carbocycles. The van der Waals surface area contributed by atoms with E-state index in [1.54, 1.807) is 0 Å². The Labute approximate surface area is 188 Å². The Balaban J connectivity index is 0.00000392. The van der Waals surface area contributed by atoms with Crippen molar-refractivity contribution >= 4 is 35.8 Å². The number of nitrogens with one attached hydrogen (secondary N) is 2. The van der Waals surface area contributed by atoms with Gasteiger partial charge in [0.2, 0.25) is 0 Å². The topological polar surface area (TPSA) is 55.8 Å². The summed E-state index contributed by atoms with van der Waals surface area (Å²) in [5, 5.41) is 6.93. The molecule has 2 N–H and O–H groups in total. The zero-order valence-electron chi connectivity index (χ0n) is 18.1. The molecule has 7 heteroatoms. The molecule has 2 heterocycles. The van der Waals surface area contributed by atoms with Crippen LogP contribution in [-0.4, -0.2) is 61.7 Å². The van der Waals surface area contributed by atoms with E-state index in [0.29, 0.717) is 12.6 Å². The van der Waals surface area contributed by atoms with Crippen molar-refractivity contribution in [1.29, 1.82) is 0 Å². The zero-order valence-corrected chi connectivity index (χ0v) is 20.4. The quantitative estimate of drug-likeness (QED) is 0.235. The molecule has 0 aliphatic carbocycles. The third-order valence-corrected chi connectivity index (χ3v) is 5.05. The number of halogens is 1. The summed E-state index contributed by atoms with van der Waals surface area (Å²) in [5.41, 5.74) is 1.19. The molecule has 28 heavy (non-hydrogen) atoms. The lowest BCUT2D eigenvalue weighted by Gasteiger charge is -2.34. The maximum Gasteiger partial charge on any atom is 0.191 e. The summed E-state index contributed by atoms with van der Waals surface area (Å²) in [7, 11) is 2.18. The molecular weight excluding hydrogens is 463 g/mol. The van der Waals surface area contributed by atoms with E-state index in [2.05, 4.69) is 59.3 Å². The van der Waals surface area contributed by atoms with Crippen LogP contribution in [0.15, 0.2) is 23.3 Å². The van der Waals surface area contributed by atoms with Gasteiger partial charge in [0.25, 0.3) is 0 Å². The molecule has 1 unspecified atom stereocenters. The van der Waals surface area contributed by atoms with Crippen LogP contribution in [0.2, 0.25) is 0 Å². The number of guanidine groups is 1. The fourth-order valence-corrected chi connectivity index (χ4v) is 3.35. The van der Waals surface area contributed by atoms with Gasteiger partial charge in [-0.2, -0.15) is 0 Å². The number of likely N-dealkylation sites (N-methyl/N-ethyl adjacent to an activating group) is 1. The first-order chi connectivity index (χ1) is 13.1. The van der Waals surface area contributed by atoms with Gasteiger partial charge in [-0.3, -0.25) is 0 Å². The van der Waals surface area contributed by atoms with E-state index < -0.39 is 0 Å².